The highest BCUT2D eigenvalue weighted by Gasteiger charge is 2.11. The van der Waals surface area contributed by atoms with Crippen molar-refractivity contribution >= 4 is 5.97 Å². The molecule has 0 aliphatic rings. The van der Waals surface area contributed by atoms with Crippen LogP contribution in [0, 0.1) is 5.92 Å². The van der Waals surface area contributed by atoms with E-state index in [-0.39, 0.29) is 5.92 Å². The van der Waals surface area contributed by atoms with Crippen molar-refractivity contribution in [2.75, 3.05) is 0 Å². The number of hydrogen-bond donors (Lipinski definition) is 0. The topological polar surface area (TPSA) is 37.0 Å². The lowest BCUT2D eigenvalue weighted by Crippen LogP contribution is -2.07. The lowest BCUT2D eigenvalue weighted by Gasteiger charge is -2.04. The molecule has 0 heterocycles. The van der Waals surface area contributed by atoms with Gasteiger partial charge < -0.3 is 0 Å². The predicted octanol–water partition coefficient (Wildman–Crippen LogP) is 5.28. The van der Waals surface area contributed by atoms with Gasteiger partial charge in [-0.15, -0.1) is 0 Å². The van der Waals surface area contributed by atoms with E-state index in [1.807, 2.05) is 0 Å². The molecule has 0 aliphatic heterocycles. The Morgan fingerprint density at radius 1 is 0.778 bits per heavy atom. The fraction of sp³-hybridized carbons (Fsp3) is 0.938. The van der Waals surface area contributed by atoms with Gasteiger partial charge in [-0.05, 0) is 6.42 Å². The highest BCUT2D eigenvalue weighted by molar-refractivity contribution is 5.68. The molecule has 0 saturated carbocycles. The summed E-state index contributed by atoms with van der Waals surface area (Å²) in [5, 5.41) is 10.5. The number of hydrogen-bond acceptors (Lipinski definition) is 1. The van der Waals surface area contributed by atoms with Crippen LogP contribution in [0.3, 0.4) is 0 Å². The van der Waals surface area contributed by atoms with E-state index in [1.54, 1.807) is 6.92 Å². The number of unbranched alkanes of at least 4 members (excludes halogenated alkanes) is 10. The fourth-order valence-corrected chi connectivity index (χ4v) is 2.23. The van der Waals surface area contributed by atoms with Gasteiger partial charge in [0, 0.05) is 0 Å². The van der Waals surface area contributed by atoms with Gasteiger partial charge in [-0.1, -0.05) is 84.5 Å². The van der Waals surface area contributed by atoms with Gasteiger partial charge in [-0.2, -0.15) is 0 Å². The maximum Gasteiger partial charge on any atom is 0.358 e. The van der Waals surface area contributed by atoms with Crippen LogP contribution in [0.25, 0.3) is 0 Å². The molecular formula is C16H31O2. The van der Waals surface area contributed by atoms with Crippen LogP contribution in [0.4, 0.5) is 0 Å². The summed E-state index contributed by atoms with van der Waals surface area (Å²) in [6.45, 7) is 3.99. The molecule has 1 atom stereocenters. The fourth-order valence-electron chi connectivity index (χ4n) is 2.23. The van der Waals surface area contributed by atoms with Crippen LogP contribution in [0.2, 0.25) is 0 Å². The minimum atomic E-state index is -0.901. The third kappa shape index (κ3) is 11.9. The summed E-state index contributed by atoms with van der Waals surface area (Å²) < 4.78 is 0. The molecule has 2 nitrogen and oxygen atoms in total. The van der Waals surface area contributed by atoms with Gasteiger partial charge in [0.25, 0.3) is 0 Å². The highest BCUT2D eigenvalue weighted by atomic mass is 16.4. The van der Waals surface area contributed by atoms with Gasteiger partial charge in [-0.25, -0.2) is 9.90 Å². The summed E-state index contributed by atoms with van der Waals surface area (Å²) in [7, 11) is 0. The predicted molar refractivity (Wildman–Crippen MR) is 75.9 cm³/mol. The first-order valence-electron chi connectivity index (χ1n) is 7.89. The van der Waals surface area contributed by atoms with Crippen molar-refractivity contribution in [3.8, 4) is 0 Å². The minimum Gasteiger partial charge on any atom is -0.247 e. The summed E-state index contributed by atoms with van der Waals surface area (Å²) >= 11 is 0. The molecule has 1 unspecified atom stereocenters. The molecule has 0 fully saturated rings. The molecule has 107 valence electrons. The van der Waals surface area contributed by atoms with Crippen molar-refractivity contribution in [1.82, 2.24) is 0 Å². The van der Waals surface area contributed by atoms with E-state index in [0.29, 0.717) is 0 Å². The van der Waals surface area contributed by atoms with Gasteiger partial charge in [0.05, 0.1) is 5.92 Å². The summed E-state index contributed by atoms with van der Waals surface area (Å²) in [6, 6.07) is 0. The zero-order valence-corrected chi connectivity index (χ0v) is 12.4. The SMILES string of the molecule is CCCCCCCCCCCCCC(C)C([O])=O. The number of carbonyl (C=O) groups is 1. The summed E-state index contributed by atoms with van der Waals surface area (Å²) in [6.07, 6.45) is 15.2. The molecule has 0 bridgehead atoms. The number of carbonyl (C=O) groups excluding carboxylic acids is 1. The average molecular weight is 255 g/mol. The quantitative estimate of drug-likeness (QED) is 0.412. The first-order chi connectivity index (χ1) is 8.68. The molecular weight excluding hydrogens is 224 g/mol. The van der Waals surface area contributed by atoms with E-state index in [4.69, 9.17) is 0 Å². The van der Waals surface area contributed by atoms with Crippen molar-refractivity contribution in [3.05, 3.63) is 0 Å². The molecule has 0 aromatic rings. The Bertz CT molecular complexity index is 190. The summed E-state index contributed by atoms with van der Waals surface area (Å²) in [4.78, 5) is 10.5. The molecule has 0 aliphatic carbocycles. The van der Waals surface area contributed by atoms with Crippen molar-refractivity contribution in [3.63, 3.8) is 0 Å². The normalized spacial score (nSPS) is 12.6. The molecule has 2 heteroatoms. The van der Waals surface area contributed by atoms with E-state index < -0.39 is 5.97 Å². The molecule has 0 spiro atoms. The Hall–Kier alpha value is -0.530. The molecule has 0 saturated heterocycles. The molecule has 18 heavy (non-hydrogen) atoms. The van der Waals surface area contributed by atoms with Gasteiger partial charge in [0.1, 0.15) is 0 Å². The number of rotatable bonds is 13. The smallest absolute Gasteiger partial charge is 0.247 e. The highest BCUT2D eigenvalue weighted by Crippen LogP contribution is 2.14. The second-order valence-electron chi connectivity index (χ2n) is 5.54. The van der Waals surface area contributed by atoms with Crippen LogP contribution in [0.15, 0.2) is 0 Å². The zero-order valence-electron chi connectivity index (χ0n) is 12.4. The van der Waals surface area contributed by atoms with Crippen molar-refractivity contribution in [1.29, 1.82) is 0 Å². The van der Waals surface area contributed by atoms with Crippen LogP contribution in [0.5, 0.6) is 0 Å². The maximum absolute atomic E-state index is 10.5. The maximum atomic E-state index is 10.5. The van der Waals surface area contributed by atoms with Gasteiger partial charge >= 0.3 is 5.97 Å². The first kappa shape index (κ1) is 17.5. The standard InChI is InChI=1S/C16H31O2/c1-3-4-5-6-7-8-9-10-11-12-13-14-15(2)16(17)18/h15H,3-14H2,1-2H3. The second kappa shape index (κ2) is 12.9. The average Bonchev–Trinajstić information content (AvgIpc) is 2.35. The van der Waals surface area contributed by atoms with Crippen molar-refractivity contribution in [2.24, 2.45) is 5.92 Å². The Kier molecular flexibility index (Phi) is 12.5. The summed E-state index contributed by atoms with van der Waals surface area (Å²) in [5.41, 5.74) is 0. The molecule has 0 rings (SSSR count). The second-order valence-corrected chi connectivity index (χ2v) is 5.54. The van der Waals surface area contributed by atoms with Crippen molar-refractivity contribution < 1.29 is 9.90 Å². The zero-order chi connectivity index (χ0) is 13.6. The minimum absolute atomic E-state index is 0.274. The van der Waals surface area contributed by atoms with Crippen LogP contribution >= 0.6 is 0 Å². The van der Waals surface area contributed by atoms with Gasteiger partial charge in [0.2, 0.25) is 0 Å². The summed E-state index contributed by atoms with van der Waals surface area (Å²) in [5.74, 6) is -1.18. The largest absolute Gasteiger partial charge is 0.358 e. The third-order valence-electron chi connectivity index (χ3n) is 3.64. The lowest BCUT2D eigenvalue weighted by atomic mass is 10.0. The van der Waals surface area contributed by atoms with E-state index >= 15 is 0 Å². The molecule has 1 radical (unpaired) electrons. The van der Waals surface area contributed by atoms with Crippen LogP contribution in [0.1, 0.15) is 90.9 Å². The molecule has 0 N–H and O–H groups in total. The van der Waals surface area contributed by atoms with E-state index in [0.717, 1.165) is 12.8 Å². The van der Waals surface area contributed by atoms with E-state index in [1.165, 1.54) is 64.2 Å². The Morgan fingerprint density at radius 3 is 1.56 bits per heavy atom. The third-order valence-corrected chi connectivity index (χ3v) is 3.64. The Labute approximate surface area is 113 Å². The monoisotopic (exact) mass is 255 g/mol. The van der Waals surface area contributed by atoms with Crippen LogP contribution in [-0.4, -0.2) is 5.97 Å². The lowest BCUT2D eigenvalue weighted by molar-refractivity contribution is -0.147. The van der Waals surface area contributed by atoms with Crippen molar-refractivity contribution in [2.45, 2.75) is 90.9 Å². The van der Waals surface area contributed by atoms with Crippen LogP contribution < -0.4 is 0 Å². The first-order valence-corrected chi connectivity index (χ1v) is 7.89. The molecule has 0 amide bonds. The Balaban J connectivity index is 3.05. The van der Waals surface area contributed by atoms with E-state index in [2.05, 4.69) is 6.92 Å². The molecule has 0 aromatic heterocycles. The molecule has 0 aromatic carbocycles. The van der Waals surface area contributed by atoms with Gasteiger partial charge in [0.15, 0.2) is 0 Å². The Morgan fingerprint density at radius 2 is 1.17 bits per heavy atom. The van der Waals surface area contributed by atoms with Gasteiger partial charge in [-0.3, -0.25) is 0 Å². The van der Waals surface area contributed by atoms with Crippen LogP contribution in [-0.2, 0) is 9.90 Å². The van der Waals surface area contributed by atoms with E-state index in [9.17, 15) is 9.90 Å².